The Morgan fingerprint density at radius 1 is 0.958 bits per heavy atom. The van der Waals surface area contributed by atoms with E-state index >= 15 is 0 Å². The molecule has 1 aliphatic carbocycles. The molecule has 122 valence electrons. The van der Waals surface area contributed by atoms with E-state index < -0.39 is 0 Å². The highest BCUT2D eigenvalue weighted by Gasteiger charge is 2.29. The predicted molar refractivity (Wildman–Crippen MR) is 104 cm³/mol. The van der Waals surface area contributed by atoms with Crippen molar-refractivity contribution in [3.05, 3.63) is 82.7 Å². The first-order chi connectivity index (χ1) is 11.7. The lowest BCUT2D eigenvalue weighted by Crippen LogP contribution is -2.35. The number of nitrogens with zero attached hydrogens (tertiary/aromatic N) is 1. The number of benzene rings is 2. The molecule has 2 heteroatoms. The van der Waals surface area contributed by atoms with Gasteiger partial charge in [-0.2, -0.15) is 0 Å². The van der Waals surface area contributed by atoms with E-state index in [0.29, 0.717) is 12.0 Å². The van der Waals surface area contributed by atoms with Crippen LogP contribution in [0.1, 0.15) is 29.0 Å². The largest absolute Gasteiger partial charge is 0.306 e. The molecular weight excluding hydrogens is 310 g/mol. The first-order valence-corrected chi connectivity index (χ1v) is 9.48. The number of thiophene rings is 1. The molecule has 0 saturated carbocycles. The zero-order chi connectivity index (χ0) is 16.5. The molecule has 3 aromatic rings. The summed E-state index contributed by atoms with van der Waals surface area (Å²) in [5, 5.41) is 2.15. The van der Waals surface area contributed by atoms with E-state index in [1.54, 1.807) is 0 Å². The van der Waals surface area contributed by atoms with Crippen LogP contribution in [0.4, 0.5) is 0 Å². The molecule has 1 heterocycles. The molecule has 1 nitrogen and oxygen atoms in total. The highest BCUT2D eigenvalue weighted by atomic mass is 32.1. The van der Waals surface area contributed by atoms with Crippen LogP contribution in [-0.2, 0) is 6.42 Å². The highest BCUT2D eigenvalue weighted by molar-refractivity contribution is 7.13. The molecule has 0 amide bonds. The fourth-order valence-electron chi connectivity index (χ4n) is 3.86. The van der Waals surface area contributed by atoms with Crippen LogP contribution in [0.3, 0.4) is 0 Å². The summed E-state index contributed by atoms with van der Waals surface area (Å²) in [4.78, 5) is 3.73. The minimum Gasteiger partial charge on any atom is -0.306 e. The average molecular weight is 334 g/mol. The number of hydrogen-bond donors (Lipinski definition) is 0. The van der Waals surface area contributed by atoms with Crippen molar-refractivity contribution < 1.29 is 0 Å². The van der Waals surface area contributed by atoms with Gasteiger partial charge < -0.3 is 4.90 Å². The van der Waals surface area contributed by atoms with Crippen LogP contribution in [-0.4, -0.2) is 25.0 Å². The van der Waals surface area contributed by atoms with Crippen LogP contribution >= 0.6 is 11.3 Å². The van der Waals surface area contributed by atoms with Crippen LogP contribution in [0.25, 0.3) is 10.4 Å². The van der Waals surface area contributed by atoms with Gasteiger partial charge >= 0.3 is 0 Å². The standard InChI is InChI=1S/C22H23NS/c1-23(2)19-14-17-7-3-4-10-20(17)21(15-19)16-8-5-9-18(13-16)22-11-6-12-24-22/h3-13,19,21H,14-15H2,1-2H3/t19-,21-/m0/s1. The van der Waals surface area contributed by atoms with Gasteiger partial charge in [-0.05, 0) is 66.7 Å². The number of likely N-dealkylation sites (N-methyl/N-ethyl adjacent to an activating group) is 1. The second-order valence-electron chi connectivity index (χ2n) is 6.91. The highest BCUT2D eigenvalue weighted by Crippen LogP contribution is 2.39. The fraction of sp³-hybridized carbons (Fsp3) is 0.273. The van der Waals surface area contributed by atoms with Crippen LogP contribution in [0, 0.1) is 0 Å². The molecule has 2 atom stereocenters. The third-order valence-corrected chi connectivity index (χ3v) is 6.14. The van der Waals surface area contributed by atoms with Gasteiger partial charge in [0.25, 0.3) is 0 Å². The Morgan fingerprint density at radius 2 is 1.83 bits per heavy atom. The first-order valence-electron chi connectivity index (χ1n) is 8.60. The minimum atomic E-state index is 0.488. The lowest BCUT2D eigenvalue weighted by molar-refractivity contribution is 0.258. The molecule has 0 N–H and O–H groups in total. The topological polar surface area (TPSA) is 3.24 Å². The fourth-order valence-corrected chi connectivity index (χ4v) is 4.58. The summed E-state index contributed by atoms with van der Waals surface area (Å²) < 4.78 is 0. The van der Waals surface area contributed by atoms with Crippen molar-refractivity contribution >= 4 is 11.3 Å². The molecule has 0 saturated heterocycles. The second-order valence-corrected chi connectivity index (χ2v) is 7.86. The average Bonchev–Trinajstić information content (AvgIpc) is 3.15. The maximum absolute atomic E-state index is 2.39. The van der Waals surface area contributed by atoms with Crippen molar-refractivity contribution in [1.82, 2.24) is 4.90 Å². The smallest absolute Gasteiger partial charge is 0.0342 e. The van der Waals surface area contributed by atoms with E-state index in [1.165, 1.54) is 33.6 Å². The quantitative estimate of drug-likeness (QED) is 0.618. The van der Waals surface area contributed by atoms with Gasteiger partial charge in [-0.15, -0.1) is 11.3 Å². The van der Waals surface area contributed by atoms with Gasteiger partial charge in [-0.1, -0.05) is 48.5 Å². The lowest BCUT2D eigenvalue weighted by atomic mass is 9.76. The summed E-state index contributed by atoms with van der Waals surface area (Å²) in [5.74, 6) is 0.488. The van der Waals surface area contributed by atoms with Gasteiger partial charge in [-0.3, -0.25) is 0 Å². The Morgan fingerprint density at radius 3 is 2.62 bits per heavy atom. The molecule has 0 bridgehead atoms. The normalized spacial score (nSPS) is 20.1. The maximum Gasteiger partial charge on any atom is 0.0342 e. The van der Waals surface area contributed by atoms with Gasteiger partial charge in [0.15, 0.2) is 0 Å². The Labute approximate surface area is 148 Å². The summed E-state index contributed by atoms with van der Waals surface area (Å²) in [6.45, 7) is 0. The van der Waals surface area contributed by atoms with Gasteiger partial charge in [0, 0.05) is 16.8 Å². The molecule has 1 aliphatic rings. The molecule has 1 aromatic heterocycles. The molecule has 24 heavy (non-hydrogen) atoms. The van der Waals surface area contributed by atoms with Crippen LogP contribution < -0.4 is 0 Å². The Bertz CT molecular complexity index is 820. The van der Waals surface area contributed by atoms with Crippen molar-refractivity contribution in [3.63, 3.8) is 0 Å². The van der Waals surface area contributed by atoms with Crippen molar-refractivity contribution in [2.24, 2.45) is 0 Å². The third kappa shape index (κ3) is 2.92. The van der Waals surface area contributed by atoms with Crippen molar-refractivity contribution in [2.45, 2.75) is 24.8 Å². The minimum absolute atomic E-state index is 0.488. The summed E-state index contributed by atoms with van der Waals surface area (Å²) in [6.07, 6.45) is 2.35. The Balaban J connectivity index is 1.76. The SMILES string of the molecule is CN(C)[C@H]1Cc2ccccc2[C@H](c2cccc(-c3cccs3)c2)C1. The van der Waals surface area contributed by atoms with Gasteiger partial charge in [-0.25, -0.2) is 0 Å². The molecule has 0 fully saturated rings. The molecule has 4 rings (SSSR count). The zero-order valence-electron chi connectivity index (χ0n) is 14.3. The van der Waals surface area contributed by atoms with Crippen molar-refractivity contribution in [3.8, 4) is 10.4 Å². The van der Waals surface area contributed by atoms with E-state index in [2.05, 4.69) is 85.0 Å². The van der Waals surface area contributed by atoms with Gasteiger partial charge in [0.2, 0.25) is 0 Å². The Hall–Kier alpha value is -1.90. The van der Waals surface area contributed by atoms with E-state index in [1.807, 2.05) is 11.3 Å². The van der Waals surface area contributed by atoms with Crippen molar-refractivity contribution in [2.75, 3.05) is 14.1 Å². The third-order valence-electron chi connectivity index (χ3n) is 5.22. The lowest BCUT2D eigenvalue weighted by Gasteiger charge is -2.35. The summed E-state index contributed by atoms with van der Waals surface area (Å²) in [5.41, 5.74) is 5.81. The van der Waals surface area contributed by atoms with Gasteiger partial charge in [0.1, 0.15) is 0 Å². The summed E-state index contributed by atoms with van der Waals surface area (Å²) in [7, 11) is 4.41. The molecule has 0 aliphatic heterocycles. The second kappa shape index (κ2) is 6.54. The Kier molecular flexibility index (Phi) is 4.26. The molecule has 0 spiro atoms. The number of hydrogen-bond acceptors (Lipinski definition) is 2. The molecule has 0 unspecified atom stereocenters. The molecule has 0 radical (unpaired) electrons. The van der Waals surface area contributed by atoms with Crippen molar-refractivity contribution in [1.29, 1.82) is 0 Å². The maximum atomic E-state index is 2.39. The number of fused-ring (bicyclic) bond motifs is 1. The monoisotopic (exact) mass is 333 g/mol. The van der Waals surface area contributed by atoms with Crippen LogP contribution in [0.15, 0.2) is 66.0 Å². The summed E-state index contributed by atoms with van der Waals surface area (Å²) in [6, 6.07) is 23.1. The predicted octanol–water partition coefficient (Wildman–Crippen LogP) is 5.42. The van der Waals surface area contributed by atoms with E-state index in [9.17, 15) is 0 Å². The van der Waals surface area contributed by atoms with Gasteiger partial charge in [0.05, 0.1) is 0 Å². The number of rotatable bonds is 3. The zero-order valence-corrected chi connectivity index (χ0v) is 15.1. The first kappa shape index (κ1) is 15.6. The summed E-state index contributed by atoms with van der Waals surface area (Å²) >= 11 is 1.81. The molecule has 2 aromatic carbocycles. The van der Waals surface area contributed by atoms with Crippen LogP contribution in [0.2, 0.25) is 0 Å². The van der Waals surface area contributed by atoms with E-state index in [0.717, 1.165) is 6.42 Å². The van der Waals surface area contributed by atoms with E-state index in [-0.39, 0.29) is 0 Å². The van der Waals surface area contributed by atoms with Crippen LogP contribution in [0.5, 0.6) is 0 Å². The molecular formula is C22H23NS. The van der Waals surface area contributed by atoms with E-state index in [4.69, 9.17) is 0 Å².